The van der Waals surface area contributed by atoms with Crippen molar-refractivity contribution in [1.82, 2.24) is 4.90 Å². The van der Waals surface area contributed by atoms with Gasteiger partial charge in [0.1, 0.15) is 0 Å². The lowest BCUT2D eigenvalue weighted by molar-refractivity contribution is 0.0526. The van der Waals surface area contributed by atoms with Crippen LogP contribution in [0.2, 0.25) is 0 Å². The summed E-state index contributed by atoms with van der Waals surface area (Å²) in [6, 6.07) is 3.33. The number of aryl methyl sites for hydroxylation is 2. The quantitative estimate of drug-likeness (QED) is 0.870. The maximum absolute atomic E-state index is 12.3. The largest absolute Gasteiger partial charge is 0.462 e. The molecule has 0 bridgehead atoms. The number of rotatable bonds is 3. The van der Waals surface area contributed by atoms with Crippen molar-refractivity contribution in [2.75, 3.05) is 38.2 Å². The van der Waals surface area contributed by atoms with Crippen molar-refractivity contribution in [1.29, 1.82) is 0 Å². The lowest BCUT2D eigenvalue weighted by Crippen LogP contribution is -2.43. The van der Waals surface area contributed by atoms with Gasteiger partial charge in [-0.1, -0.05) is 0 Å². The zero-order chi connectivity index (χ0) is 16.1. The fourth-order valence-corrected chi connectivity index (χ4v) is 2.26. The van der Waals surface area contributed by atoms with Gasteiger partial charge in [-0.05, 0) is 44.0 Å². The third-order valence-corrected chi connectivity index (χ3v) is 3.67. The number of nitrogens with one attached hydrogen (secondary N) is 1. The summed E-state index contributed by atoms with van der Waals surface area (Å²) in [7, 11) is 0. The number of amides is 2. The van der Waals surface area contributed by atoms with Gasteiger partial charge < -0.3 is 19.7 Å². The third kappa shape index (κ3) is 3.76. The lowest BCUT2D eigenvalue weighted by atomic mass is 10.0. The number of hydrogen-bond acceptors (Lipinski definition) is 4. The molecule has 1 fully saturated rings. The van der Waals surface area contributed by atoms with Crippen LogP contribution in [0.3, 0.4) is 0 Å². The fourth-order valence-electron chi connectivity index (χ4n) is 2.26. The van der Waals surface area contributed by atoms with Gasteiger partial charge in [0, 0.05) is 13.1 Å². The summed E-state index contributed by atoms with van der Waals surface area (Å²) in [5.74, 6) is -0.428. The molecule has 1 N–H and O–H groups in total. The normalized spacial score (nSPS) is 14.6. The number of carbonyl (C=O) groups excluding carboxylic acids is 2. The lowest BCUT2D eigenvalue weighted by Gasteiger charge is -2.27. The van der Waals surface area contributed by atoms with Gasteiger partial charge in [0.2, 0.25) is 0 Å². The number of hydrogen-bond donors (Lipinski definition) is 1. The molecule has 0 aromatic heterocycles. The molecule has 0 saturated carbocycles. The zero-order valence-electron chi connectivity index (χ0n) is 13.3. The molecule has 1 aromatic carbocycles. The van der Waals surface area contributed by atoms with Gasteiger partial charge in [0.15, 0.2) is 0 Å². The molecular weight excluding hydrogens is 284 g/mol. The monoisotopic (exact) mass is 306 g/mol. The molecule has 120 valence electrons. The predicted octanol–water partition coefficient (Wildman–Crippen LogP) is 2.34. The number of nitrogens with zero attached hydrogens (tertiary/aromatic N) is 1. The van der Waals surface area contributed by atoms with Crippen LogP contribution in [-0.2, 0) is 9.47 Å². The van der Waals surface area contributed by atoms with Gasteiger partial charge in [-0.2, -0.15) is 0 Å². The highest BCUT2D eigenvalue weighted by Crippen LogP contribution is 2.22. The van der Waals surface area contributed by atoms with E-state index in [2.05, 4.69) is 5.32 Å². The first-order valence-corrected chi connectivity index (χ1v) is 7.45. The summed E-state index contributed by atoms with van der Waals surface area (Å²) < 4.78 is 10.3. The molecule has 0 radical (unpaired) electrons. The van der Waals surface area contributed by atoms with Crippen molar-refractivity contribution in [3.63, 3.8) is 0 Å². The minimum Gasteiger partial charge on any atom is -0.462 e. The summed E-state index contributed by atoms with van der Waals surface area (Å²) >= 11 is 0. The highest BCUT2D eigenvalue weighted by Gasteiger charge is 2.20. The SMILES string of the molecule is CCOC(=O)c1cc(C)c(C)cc1NC(=O)N1CCOCC1. The topological polar surface area (TPSA) is 67.9 Å². The van der Waals surface area contributed by atoms with Crippen LogP contribution in [0.5, 0.6) is 0 Å². The summed E-state index contributed by atoms with van der Waals surface area (Å²) in [5.41, 5.74) is 2.85. The molecule has 1 aromatic rings. The first-order chi connectivity index (χ1) is 10.5. The Balaban J connectivity index is 2.22. The Bertz CT molecular complexity index is 566. The van der Waals surface area contributed by atoms with Gasteiger partial charge in [0.25, 0.3) is 0 Å². The fraction of sp³-hybridized carbons (Fsp3) is 0.500. The Morgan fingerprint density at radius 2 is 1.86 bits per heavy atom. The molecule has 6 heteroatoms. The molecule has 1 heterocycles. The van der Waals surface area contributed by atoms with E-state index in [9.17, 15) is 9.59 Å². The number of esters is 1. The second-order valence-electron chi connectivity index (χ2n) is 5.23. The van der Waals surface area contributed by atoms with E-state index in [1.165, 1.54) is 0 Å². The van der Waals surface area contributed by atoms with E-state index < -0.39 is 5.97 Å². The predicted molar refractivity (Wildman–Crippen MR) is 83.3 cm³/mol. The van der Waals surface area contributed by atoms with Crippen LogP contribution in [0, 0.1) is 13.8 Å². The molecule has 2 rings (SSSR count). The zero-order valence-corrected chi connectivity index (χ0v) is 13.3. The van der Waals surface area contributed by atoms with E-state index in [0.717, 1.165) is 11.1 Å². The van der Waals surface area contributed by atoms with Crippen LogP contribution in [0.15, 0.2) is 12.1 Å². The van der Waals surface area contributed by atoms with Crippen molar-refractivity contribution < 1.29 is 19.1 Å². The first-order valence-electron chi connectivity index (χ1n) is 7.45. The number of ether oxygens (including phenoxy) is 2. The maximum Gasteiger partial charge on any atom is 0.340 e. The van der Waals surface area contributed by atoms with Crippen molar-refractivity contribution in [2.45, 2.75) is 20.8 Å². The van der Waals surface area contributed by atoms with E-state index in [1.54, 1.807) is 24.0 Å². The number of morpholine rings is 1. The summed E-state index contributed by atoms with van der Waals surface area (Å²) in [5, 5.41) is 2.82. The van der Waals surface area contributed by atoms with Crippen LogP contribution in [-0.4, -0.2) is 49.8 Å². The van der Waals surface area contributed by atoms with Gasteiger partial charge in [-0.15, -0.1) is 0 Å². The third-order valence-electron chi connectivity index (χ3n) is 3.67. The van der Waals surface area contributed by atoms with E-state index in [4.69, 9.17) is 9.47 Å². The molecular formula is C16H22N2O4. The molecule has 22 heavy (non-hydrogen) atoms. The Labute approximate surface area is 130 Å². The average Bonchev–Trinajstić information content (AvgIpc) is 2.51. The van der Waals surface area contributed by atoms with Crippen LogP contribution >= 0.6 is 0 Å². The van der Waals surface area contributed by atoms with Crippen molar-refractivity contribution in [3.05, 3.63) is 28.8 Å². The highest BCUT2D eigenvalue weighted by atomic mass is 16.5. The minimum atomic E-state index is -0.428. The molecule has 0 unspecified atom stereocenters. The van der Waals surface area contributed by atoms with Gasteiger partial charge in [0.05, 0.1) is 31.1 Å². The second kappa shape index (κ2) is 7.26. The van der Waals surface area contributed by atoms with E-state index >= 15 is 0 Å². The van der Waals surface area contributed by atoms with E-state index in [-0.39, 0.29) is 6.03 Å². The van der Waals surface area contributed by atoms with Crippen LogP contribution < -0.4 is 5.32 Å². The van der Waals surface area contributed by atoms with Crippen LogP contribution in [0.25, 0.3) is 0 Å². The van der Waals surface area contributed by atoms with Crippen molar-refractivity contribution >= 4 is 17.7 Å². The Morgan fingerprint density at radius 3 is 2.50 bits per heavy atom. The average molecular weight is 306 g/mol. The smallest absolute Gasteiger partial charge is 0.340 e. The molecule has 0 spiro atoms. The molecule has 0 atom stereocenters. The highest BCUT2D eigenvalue weighted by molar-refractivity contribution is 6.01. The standard InChI is InChI=1S/C16H22N2O4/c1-4-22-15(19)13-9-11(2)12(3)10-14(13)17-16(20)18-5-7-21-8-6-18/h9-10H,4-8H2,1-3H3,(H,17,20). The van der Waals surface area contributed by atoms with Gasteiger partial charge in [-0.25, -0.2) is 9.59 Å². The maximum atomic E-state index is 12.3. The minimum absolute atomic E-state index is 0.225. The Morgan fingerprint density at radius 1 is 1.23 bits per heavy atom. The Hall–Kier alpha value is -2.08. The number of carbonyl (C=O) groups is 2. The van der Waals surface area contributed by atoms with Crippen molar-refractivity contribution in [2.24, 2.45) is 0 Å². The number of urea groups is 1. The second-order valence-corrected chi connectivity index (χ2v) is 5.23. The molecule has 6 nitrogen and oxygen atoms in total. The van der Waals surface area contributed by atoms with E-state index in [0.29, 0.717) is 44.2 Å². The number of benzene rings is 1. The van der Waals surface area contributed by atoms with Crippen LogP contribution in [0.4, 0.5) is 10.5 Å². The molecule has 2 amide bonds. The summed E-state index contributed by atoms with van der Waals surface area (Å²) in [6.45, 7) is 8.07. The first kappa shape index (κ1) is 16.3. The summed E-state index contributed by atoms with van der Waals surface area (Å²) in [6.07, 6.45) is 0. The Kier molecular flexibility index (Phi) is 5.38. The van der Waals surface area contributed by atoms with Crippen LogP contribution in [0.1, 0.15) is 28.4 Å². The number of anilines is 1. The molecule has 0 aliphatic carbocycles. The molecule has 1 aliphatic rings. The van der Waals surface area contributed by atoms with Gasteiger partial charge >= 0.3 is 12.0 Å². The summed E-state index contributed by atoms with van der Waals surface area (Å²) in [4.78, 5) is 26.1. The van der Waals surface area contributed by atoms with Crippen molar-refractivity contribution in [3.8, 4) is 0 Å². The molecule has 1 saturated heterocycles. The van der Waals surface area contributed by atoms with E-state index in [1.807, 2.05) is 13.8 Å². The molecule has 1 aliphatic heterocycles. The van der Waals surface area contributed by atoms with Gasteiger partial charge in [-0.3, -0.25) is 0 Å².